The molecule has 0 radical (unpaired) electrons. The summed E-state index contributed by atoms with van der Waals surface area (Å²) < 4.78 is 0. The highest BCUT2D eigenvalue weighted by atomic mass is 16.6. The second-order valence-corrected chi connectivity index (χ2v) is 4.68. The Morgan fingerprint density at radius 1 is 1.42 bits per heavy atom. The minimum atomic E-state index is -0.435. The molecular weight excluding hydrogens is 246 g/mol. The summed E-state index contributed by atoms with van der Waals surface area (Å²) in [7, 11) is 0. The molecule has 0 saturated heterocycles. The third kappa shape index (κ3) is 4.95. The SMILES string of the molecule is Cc1ccc([N+](=O)[O-])c(NCCC(=O)NC(C)C)c1. The van der Waals surface area contributed by atoms with Crippen molar-refractivity contribution in [3.05, 3.63) is 33.9 Å². The molecule has 1 rings (SSSR count). The first-order valence-corrected chi connectivity index (χ1v) is 6.18. The number of amides is 1. The Hall–Kier alpha value is -2.11. The molecule has 0 spiro atoms. The second kappa shape index (κ2) is 6.72. The lowest BCUT2D eigenvalue weighted by Gasteiger charge is -2.10. The van der Waals surface area contributed by atoms with Crippen LogP contribution in [0.1, 0.15) is 25.8 Å². The predicted octanol–water partition coefficient (Wildman–Crippen LogP) is 2.23. The summed E-state index contributed by atoms with van der Waals surface area (Å²) >= 11 is 0. The number of rotatable bonds is 6. The molecule has 0 bridgehead atoms. The van der Waals surface area contributed by atoms with Crippen molar-refractivity contribution in [2.45, 2.75) is 33.2 Å². The van der Waals surface area contributed by atoms with Gasteiger partial charge in [-0.05, 0) is 32.4 Å². The highest BCUT2D eigenvalue weighted by Crippen LogP contribution is 2.24. The van der Waals surface area contributed by atoms with Crippen LogP contribution in [0.5, 0.6) is 0 Å². The molecule has 1 amide bonds. The van der Waals surface area contributed by atoms with Crippen LogP contribution < -0.4 is 10.6 Å². The number of nitro benzene ring substituents is 1. The van der Waals surface area contributed by atoms with Crippen LogP contribution in [-0.4, -0.2) is 23.4 Å². The fourth-order valence-corrected chi connectivity index (χ4v) is 1.66. The van der Waals surface area contributed by atoms with E-state index >= 15 is 0 Å². The number of hydrogen-bond acceptors (Lipinski definition) is 4. The summed E-state index contributed by atoms with van der Waals surface area (Å²) in [4.78, 5) is 21.9. The molecule has 0 aromatic heterocycles. The number of carbonyl (C=O) groups excluding carboxylic acids is 1. The van der Waals surface area contributed by atoms with Crippen LogP contribution >= 0.6 is 0 Å². The topological polar surface area (TPSA) is 84.3 Å². The van der Waals surface area contributed by atoms with Gasteiger partial charge in [-0.3, -0.25) is 14.9 Å². The normalized spacial score (nSPS) is 10.3. The smallest absolute Gasteiger partial charge is 0.292 e. The summed E-state index contributed by atoms with van der Waals surface area (Å²) in [6, 6.07) is 4.96. The lowest BCUT2D eigenvalue weighted by atomic mass is 10.2. The Morgan fingerprint density at radius 2 is 2.11 bits per heavy atom. The van der Waals surface area contributed by atoms with E-state index in [1.807, 2.05) is 20.8 Å². The molecule has 6 nitrogen and oxygen atoms in total. The molecule has 6 heteroatoms. The van der Waals surface area contributed by atoms with Gasteiger partial charge in [-0.1, -0.05) is 6.07 Å². The lowest BCUT2D eigenvalue weighted by molar-refractivity contribution is -0.384. The molecule has 0 heterocycles. The zero-order chi connectivity index (χ0) is 14.4. The minimum Gasteiger partial charge on any atom is -0.379 e. The van der Waals surface area contributed by atoms with Gasteiger partial charge >= 0.3 is 0 Å². The number of nitrogens with zero attached hydrogens (tertiary/aromatic N) is 1. The fraction of sp³-hybridized carbons (Fsp3) is 0.462. The molecule has 0 saturated carbocycles. The van der Waals surface area contributed by atoms with Gasteiger partial charge < -0.3 is 10.6 Å². The number of anilines is 1. The first-order chi connectivity index (χ1) is 8.90. The predicted molar refractivity (Wildman–Crippen MR) is 74.2 cm³/mol. The van der Waals surface area contributed by atoms with Crippen molar-refractivity contribution in [3.63, 3.8) is 0 Å². The first kappa shape index (κ1) is 14.9. The number of aryl methyl sites for hydroxylation is 1. The summed E-state index contributed by atoms with van der Waals surface area (Å²) in [6.45, 7) is 6.00. The summed E-state index contributed by atoms with van der Waals surface area (Å²) in [6.07, 6.45) is 0.281. The molecule has 0 unspecified atom stereocenters. The highest BCUT2D eigenvalue weighted by Gasteiger charge is 2.13. The quantitative estimate of drug-likeness (QED) is 0.610. The highest BCUT2D eigenvalue weighted by molar-refractivity contribution is 5.77. The van der Waals surface area contributed by atoms with Crippen molar-refractivity contribution >= 4 is 17.3 Å². The van der Waals surface area contributed by atoms with Crippen LogP contribution in [-0.2, 0) is 4.79 Å². The Morgan fingerprint density at radius 3 is 2.68 bits per heavy atom. The van der Waals surface area contributed by atoms with E-state index in [1.165, 1.54) is 6.07 Å². The molecule has 1 aromatic rings. The van der Waals surface area contributed by atoms with E-state index in [2.05, 4.69) is 10.6 Å². The van der Waals surface area contributed by atoms with Gasteiger partial charge in [0.05, 0.1) is 4.92 Å². The van der Waals surface area contributed by atoms with E-state index in [0.29, 0.717) is 12.2 Å². The fourth-order valence-electron chi connectivity index (χ4n) is 1.66. The Kier molecular flexibility index (Phi) is 5.29. The zero-order valence-corrected chi connectivity index (χ0v) is 11.4. The summed E-state index contributed by atoms with van der Waals surface area (Å²) in [5, 5.41) is 16.6. The average molecular weight is 265 g/mol. The van der Waals surface area contributed by atoms with Gasteiger partial charge in [-0.15, -0.1) is 0 Å². The number of nitrogens with one attached hydrogen (secondary N) is 2. The van der Waals surface area contributed by atoms with Gasteiger partial charge in [-0.25, -0.2) is 0 Å². The second-order valence-electron chi connectivity index (χ2n) is 4.68. The van der Waals surface area contributed by atoms with E-state index in [1.54, 1.807) is 12.1 Å². The van der Waals surface area contributed by atoms with Crippen LogP contribution in [0.15, 0.2) is 18.2 Å². The van der Waals surface area contributed by atoms with Gasteiger partial charge in [0.2, 0.25) is 5.91 Å². The third-order valence-electron chi connectivity index (χ3n) is 2.47. The van der Waals surface area contributed by atoms with Crippen molar-refractivity contribution in [2.24, 2.45) is 0 Å². The van der Waals surface area contributed by atoms with Crippen LogP contribution in [0.2, 0.25) is 0 Å². The minimum absolute atomic E-state index is 0.0230. The maximum atomic E-state index is 11.4. The standard InChI is InChI=1S/C13H19N3O3/c1-9(2)15-13(17)6-7-14-11-8-10(3)4-5-12(11)16(18)19/h4-5,8-9,14H,6-7H2,1-3H3,(H,15,17). The third-order valence-corrected chi connectivity index (χ3v) is 2.47. The van der Waals surface area contributed by atoms with Crippen molar-refractivity contribution in [1.29, 1.82) is 0 Å². The van der Waals surface area contributed by atoms with Crippen LogP contribution in [0.3, 0.4) is 0 Å². The molecule has 1 aromatic carbocycles. The molecular formula is C13H19N3O3. The molecule has 0 fully saturated rings. The van der Waals surface area contributed by atoms with E-state index in [9.17, 15) is 14.9 Å². The van der Waals surface area contributed by atoms with Crippen LogP contribution in [0.4, 0.5) is 11.4 Å². The zero-order valence-electron chi connectivity index (χ0n) is 11.4. The van der Waals surface area contributed by atoms with Crippen molar-refractivity contribution in [2.75, 3.05) is 11.9 Å². The van der Waals surface area contributed by atoms with E-state index < -0.39 is 4.92 Å². The molecule has 19 heavy (non-hydrogen) atoms. The molecule has 0 aliphatic carbocycles. The number of carbonyl (C=O) groups is 1. The maximum Gasteiger partial charge on any atom is 0.292 e. The van der Waals surface area contributed by atoms with Gasteiger partial charge in [0.15, 0.2) is 0 Å². The van der Waals surface area contributed by atoms with Gasteiger partial charge in [0, 0.05) is 25.1 Å². The van der Waals surface area contributed by atoms with Crippen LogP contribution in [0.25, 0.3) is 0 Å². The van der Waals surface area contributed by atoms with Gasteiger partial charge in [0.1, 0.15) is 5.69 Å². The number of nitro groups is 1. The van der Waals surface area contributed by atoms with Crippen molar-refractivity contribution < 1.29 is 9.72 Å². The van der Waals surface area contributed by atoms with Crippen molar-refractivity contribution in [1.82, 2.24) is 5.32 Å². The monoisotopic (exact) mass is 265 g/mol. The Labute approximate surface area is 112 Å². The van der Waals surface area contributed by atoms with E-state index in [0.717, 1.165) is 5.56 Å². The van der Waals surface area contributed by atoms with Crippen LogP contribution in [0, 0.1) is 17.0 Å². The summed E-state index contributed by atoms with van der Waals surface area (Å²) in [5.41, 5.74) is 1.40. The first-order valence-electron chi connectivity index (χ1n) is 6.18. The lowest BCUT2D eigenvalue weighted by Crippen LogP contribution is -2.31. The van der Waals surface area contributed by atoms with E-state index in [4.69, 9.17) is 0 Å². The Balaban J connectivity index is 2.60. The molecule has 2 N–H and O–H groups in total. The molecule has 0 atom stereocenters. The van der Waals surface area contributed by atoms with Crippen molar-refractivity contribution in [3.8, 4) is 0 Å². The summed E-state index contributed by atoms with van der Waals surface area (Å²) in [5.74, 6) is -0.0715. The van der Waals surface area contributed by atoms with Gasteiger partial charge in [0.25, 0.3) is 5.69 Å². The number of hydrogen-bond donors (Lipinski definition) is 2. The van der Waals surface area contributed by atoms with Gasteiger partial charge in [-0.2, -0.15) is 0 Å². The maximum absolute atomic E-state index is 11.4. The number of benzene rings is 1. The Bertz CT molecular complexity index is 472. The average Bonchev–Trinajstić information content (AvgIpc) is 2.27. The molecule has 0 aliphatic heterocycles. The van der Waals surface area contributed by atoms with E-state index in [-0.39, 0.29) is 24.1 Å². The molecule has 0 aliphatic rings. The largest absolute Gasteiger partial charge is 0.379 e. The molecule has 104 valence electrons.